The largest absolute Gasteiger partial charge is 0.388 e. The van der Waals surface area contributed by atoms with Crippen molar-refractivity contribution in [2.24, 2.45) is 10.9 Å². The van der Waals surface area contributed by atoms with Crippen molar-refractivity contribution in [2.75, 3.05) is 39.3 Å². The molecule has 2 unspecified atom stereocenters. The van der Waals surface area contributed by atoms with Gasteiger partial charge in [-0.15, -0.1) is 24.0 Å². The molecule has 2 rings (SSSR count). The number of hydrogen-bond donors (Lipinski definition) is 3. The molecule has 0 saturated carbocycles. The normalized spacial score (nSPS) is 19.5. The van der Waals surface area contributed by atoms with Gasteiger partial charge in [-0.1, -0.05) is 37.3 Å². The van der Waals surface area contributed by atoms with E-state index in [1.807, 2.05) is 30.3 Å². The Labute approximate surface area is 175 Å². The maximum absolute atomic E-state index is 10.2. The van der Waals surface area contributed by atoms with Gasteiger partial charge in [-0.25, -0.2) is 0 Å². The molecule has 0 aromatic heterocycles. The molecule has 0 bridgehead atoms. The molecular formula is C20H35IN4O. The molecule has 26 heavy (non-hydrogen) atoms. The summed E-state index contributed by atoms with van der Waals surface area (Å²) in [6.45, 7) is 10.2. The number of hydrogen-bond acceptors (Lipinski definition) is 3. The van der Waals surface area contributed by atoms with Crippen LogP contribution in [0, 0.1) is 5.92 Å². The van der Waals surface area contributed by atoms with E-state index in [0.717, 1.165) is 37.1 Å². The number of guanidine groups is 1. The Morgan fingerprint density at radius 3 is 2.77 bits per heavy atom. The molecule has 1 heterocycles. The van der Waals surface area contributed by atoms with Gasteiger partial charge >= 0.3 is 0 Å². The fourth-order valence-corrected chi connectivity index (χ4v) is 3.30. The van der Waals surface area contributed by atoms with Gasteiger partial charge < -0.3 is 20.6 Å². The fraction of sp³-hybridized carbons (Fsp3) is 0.650. The van der Waals surface area contributed by atoms with Crippen LogP contribution in [0.2, 0.25) is 0 Å². The molecular weight excluding hydrogens is 439 g/mol. The quantitative estimate of drug-likeness (QED) is 0.308. The zero-order valence-electron chi connectivity index (χ0n) is 16.2. The first kappa shape index (κ1) is 23.2. The third kappa shape index (κ3) is 8.68. The second kappa shape index (κ2) is 13.3. The third-order valence-corrected chi connectivity index (χ3v) is 4.66. The van der Waals surface area contributed by atoms with E-state index in [1.54, 1.807) is 0 Å². The highest BCUT2D eigenvalue weighted by atomic mass is 127. The molecule has 3 N–H and O–H groups in total. The lowest BCUT2D eigenvalue weighted by Crippen LogP contribution is -2.43. The van der Waals surface area contributed by atoms with Crippen LogP contribution in [-0.2, 0) is 0 Å². The number of piperidine rings is 1. The van der Waals surface area contributed by atoms with Gasteiger partial charge in [0.05, 0.1) is 6.10 Å². The highest BCUT2D eigenvalue weighted by Gasteiger charge is 2.15. The highest BCUT2D eigenvalue weighted by molar-refractivity contribution is 14.0. The maximum atomic E-state index is 10.2. The van der Waals surface area contributed by atoms with Crippen LogP contribution in [-0.4, -0.2) is 55.2 Å². The van der Waals surface area contributed by atoms with Crippen molar-refractivity contribution in [1.29, 1.82) is 0 Å². The monoisotopic (exact) mass is 474 g/mol. The van der Waals surface area contributed by atoms with E-state index >= 15 is 0 Å². The lowest BCUT2D eigenvalue weighted by molar-refractivity contribution is 0.170. The number of benzene rings is 1. The van der Waals surface area contributed by atoms with Crippen LogP contribution in [0.4, 0.5) is 0 Å². The fourth-order valence-electron chi connectivity index (χ4n) is 3.30. The summed E-state index contributed by atoms with van der Waals surface area (Å²) in [6, 6.07) is 9.78. The highest BCUT2D eigenvalue weighted by Crippen LogP contribution is 2.16. The van der Waals surface area contributed by atoms with Gasteiger partial charge in [-0.3, -0.25) is 4.99 Å². The summed E-state index contributed by atoms with van der Waals surface area (Å²) in [7, 11) is 0. The van der Waals surface area contributed by atoms with Gasteiger partial charge in [0.1, 0.15) is 0 Å². The van der Waals surface area contributed by atoms with Crippen LogP contribution in [0.5, 0.6) is 0 Å². The van der Waals surface area contributed by atoms with Gasteiger partial charge in [0.25, 0.3) is 0 Å². The summed E-state index contributed by atoms with van der Waals surface area (Å²) in [5, 5.41) is 16.9. The number of nitrogens with one attached hydrogen (secondary N) is 2. The summed E-state index contributed by atoms with van der Waals surface area (Å²) in [4.78, 5) is 7.12. The molecule has 1 aliphatic heterocycles. The number of aliphatic hydroxyl groups excluding tert-OH is 1. The van der Waals surface area contributed by atoms with E-state index in [9.17, 15) is 5.11 Å². The summed E-state index contributed by atoms with van der Waals surface area (Å²) >= 11 is 0. The lowest BCUT2D eigenvalue weighted by Gasteiger charge is -2.30. The Bertz CT molecular complexity index is 512. The first-order valence-corrected chi connectivity index (χ1v) is 9.66. The van der Waals surface area contributed by atoms with Crippen LogP contribution in [0.15, 0.2) is 35.3 Å². The maximum Gasteiger partial charge on any atom is 0.191 e. The second-order valence-corrected chi connectivity index (χ2v) is 6.95. The number of aliphatic hydroxyl groups is 1. The van der Waals surface area contributed by atoms with E-state index in [0.29, 0.717) is 13.0 Å². The minimum absolute atomic E-state index is 0. The average Bonchev–Trinajstić information content (AvgIpc) is 2.62. The number of rotatable bonds is 8. The molecule has 1 fully saturated rings. The molecule has 1 aromatic rings. The SMILES string of the molecule is CCNC(=NCCC(O)c1ccccc1)NCCN1CCCC(C)C1.I. The minimum atomic E-state index is -0.456. The average molecular weight is 474 g/mol. The number of halogens is 1. The van der Waals surface area contributed by atoms with Gasteiger partial charge in [-0.05, 0) is 44.2 Å². The first-order valence-electron chi connectivity index (χ1n) is 9.66. The van der Waals surface area contributed by atoms with Crippen LogP contribution in [0.3, 0.4) is 0 Å². The number of nitrogens with zero attached hydrogens (tertiary/aromatic N) is 2. The summed E-state index contributed by atoms with van der Waals surface area (Å²) in [6.07, 6.45) is 2.84. The van der Waals surface area contributed by atoms with Crippen molar-refractivity contribution in [2.45, 2.75) is 39.2 Å². The summed E-state index contributed by atoms with van der Waals surface area (Å²) in [5.41, 5.74) is 0.954. The van der Waals surface area contributed by atoms with Crippen molar-refractivity contribution in [3.63, 3.8) is 0 Å². The molecule has 0 amide bonds. The van der Waals surface area contributed by atoms with E-state index in [1.165, 1.54) is 25.9 Å². The van der Waals surface area contributed by atoms with Gasteiger partial charge in [0, 0.05) is 32.7 Å². The third-order valence-electron chi connectivity index (χ3n) is 4.66. The molecule has 5 nitrogen and oxygen atoms in total. The lowest BCUT2D eigenvalue weighted by atomic mass is 10.0. The smallest absolute Gasteiger partial charge is 0.191 e. The van der Waals surface area contributed by atoms with Crippen LogP contribution < -0.4 is 10.6 Å². The van der Waals surface area contributed by atoms with Crippen molar-refractivity contribution in [3.05, 3.63) is 35.9 Å². The first-order chi connectivity index (χ1) is 12.2. The molecule has 148 valence electrons. The topological polar surface area (TPSA) is 59.9 Å². The summed E-state index contributed by atoms with van der Waals surface area (Å²) < 4.78 is 0. The van der Waals surface area contributed by atoms with Gasteiger partial charge in [-0.2, -0.15) is 0 Å². The zero-order chi connectivity index (χ0) is 17.9. The number of likely N-dealkylation sites (tertiary alicyclic amines) is 1. The predicted molar refractivity (Wildman–Crippen MR) is 120 cm³/mol. The molecule has 6 heteroatoms. The summed E-state index contributed by atoms with van der Waals surface area (Å²) in [5.74, 6) is 1.66. The van der Waals surface area contributed by atoms with E-state index in [2.05, 4.69) is 34.4 Å². The molecule has 0 radical (unpaired) electrons. The zero-order valence-corrected chi connectivity index (χ0v) is 18.5. The van der Waals surface area contributed by atoms with Crippen molar-refractivity contribution >= 4 is 29.9 Å². The molecule has 1 aliphatic rings. The van der Waals surface area contributed by atoms with E-state index in [-0.39, 0.29) is 24.0 Å². The van der Waals surface area contributed by atoms with Crippen molar-refractivity contribution in [1.82, 2.24) is 15.5 Å². The molecule has 0 aliphatic carbocycles. The molecule has 0 spiro atoms. The van der Waals surface area contributed by atoms with Crippen molar-refractivity contribution < 1.29 is 5.11 Å². The van der Waals surface area contributed by atoms with E-state index < -0.39 is 6.10 Å². The van der Waals surface area contributed by atoms with Crippen LogP contribution in [0.1, 0.15) is 44.8 Å². The second-order valence-electron chi connectivity index (χ2n) is 6.95. The molecule has 1 aromatic carbocycles. The Kier molecular flexibility index (Phi) is 11.9. The van der Waals surface area contributed by atoms with Crippen LogP contribution in [0.25, 0.3) is 0 Å². The number of aliphatic imine (C=N–C) groups is 1. The molecule has 1 saturated heterocycles. The van der Waals surface area contributed by atoms with Crippen LogP contribution >= 0.6 is 24.0 Å². The van der Waals surface area contributed by atoms with Gasteiger partial charge in [0.2, 0.25) is 0 Å². The minimum Gasteiger partial charge on any atom is -0.388 e. The Hall–Kier alpha value is -0.860. The Morgan fingerprint density at radius 1 is 1.31 bits per heavy atom. The van der Waals surface area contributed by atoms with Gasteiger partial charge in [0.15, 0.2) is 5.96 Å². The molecule has 2 atom stereocenters. The Morgan fingerprint density at radius 2 is 2.08 bits per heavy atom. The predicted octanol–water partition coefficient (Wildman–Crippen LogP) is 3.02. The van der Waals surface area contributed by atoms with Crippen molar-refractivity contribution in [3.8, 4) is 0 Å². The standard InChI is InChI=1S/C20H34N4O.HI/c1-3-21-20(23-13-15-24-14-7-8-17(2)16-24)22-12-11-19(25)18-9-5-4-6-10-18;/h4-6,9-10,17,19,25H,3,7-8,11-16H2,1-2H3,(H2,21,22,23);1H. The Balaban J connectivity index is 0.00000338. The van der Waals surface area contributed by atoms with E-state index in [4.69, 9.17) is 0 Å².